The normalized spacial score (nSPS) is 12.1. The maximum absolute atomic E-state index is 5.11. The predicted molar refractivity (Wildman–Crippen MR) is 55.8 cm³/mol. The smallest absolute Gasteiger partial charge is 0.253 e. The predicted octanol–water partition coefficient (Wildman–Crippen LogP) is 1.89. The number of allylic oxidation sites excluding steroid dienone is 2. The van der Waals surface area contributed by atoms with Gasteiger partial charge in [0.2, 0.25) is 5.82 Å². The van der Waals surface area contributed by atoms with Gasteiger partial charge < -0.3 is 4.52 Å². The topological polar surface area (TPSA) is 56.7 Å². The van der Waals surface area contributed by atoms with E-state index in [0.717, 1.165) is 11.1 Å². The van der Waals surface area contributed by atoms with Crippen LogP contribution < -0.4 is 0 Å². The zero-order valence-corrected chi connectivity index (χ0v) is 8.93. The SMILES string of the molecule is CC=C(C)c1nc(-c2cnn(C)c2)no1. The molecule has 78 valence electrons. The maximum Gasteiger partial charge on any atom is 0.253 e. The summed E-state index contributed by atoms with van der Waals surface area (Å²) in [6.07, 6.45) is 5.49. The number of aromatic nitrogens is 4. The third-order valence-corrected chi connectivity index (χ3v) is 2.16. The molecule has 0 saturated carbocycles. The van der Waals surface area contributed by atoms with Gasteiger partial charge >= 0.3 is 0 Å². The van der Waals surface area contributed by atoms with Crippen molar-refractivity contribution >= 4 is 5.57 Å². The summed E-state index contributed by atoms with van der Waals surface area (Å²) in [5, 5.41) is 7.94. The van der Waals surface area contributed by atoms with Crippen LogP contribution in [0.4, 0.5) is 0 Å². The van der Waals surface area contributed by atoms with Gasteiger partial charge in [-0.05, 0) is 13.8 Å². The van der Waals surface area contributed by atoms with Gasteiger partial charge in [-0.15, -0.1) is 0 Å². The van der Waals surface area contributed by atoms with Crippen LogP contribution in [0.5, 0.6) is 0 Å². The van der Waals surface area contributed by atoms with E-state index >= 15 is 0 Å². The molecular formula is C10H12N4O. The number of nitrogens with zero attached hydrogens (tertiary/aromatic N) is 4. The molecule has 0 aliphatic carbocycles. The Bertz CT molecular complexity index is 495. The van der Waals surface area contributed by atoms with E-state index < -0.39 is 0 Å². The number of rotatable bonds is 2. The molecule has 2 rings (SSSR count). The van der Waals surface area contributed by atoms with E-state index in [-0.39, 0.29) is 0 Å². The van der Waals surface area contributed by atoms with Crippen LogP contribution in [0.3, 0.4) is 0 Å². The van der Waals surface area contributed by atoms with Crippen LogP contribution in [0.25, 0.3) is 17.0 Å². The molecule has 0 N–H and O–H groups in total. The molecule has 2 heterocycles. The summed E-state index contributed by atoms with van der Waals surface area (Å²) >= 11 is 0. The first-order valence-corrected chi connectivity index (χ1v) is 4.66. The first kappa shape index (κ1) is 9.64. The lowest BCUT2D eigenvalue weighted by Gasteiger charge is -1.87. The molecule has 0 radical (unpaired) electrons. The summed E-state index contributed by atoms with van der Waals surface area (Å²) in [6.45, 7) is 3.86. The fourth-order valence-electron chi connectivity index (χ4n) is 1.16. The molecule has 2 aromatic rings. The van der Waals surface area contributed by atoms with Gasteiger partial charge in [-0.2, -0.15) is 10.1 Å². The summed E-state index contributed by atoms with van der Waals surface area (Å²) in [6, 6.07) is 0. The highest BCUT2D eigenvalue weighted by Crippen LogP contribution is 2.17. The molecule has 0 amide bonds. The highest BCUT2D eigenvalue weighted by molar-refractivity contribution is 5.59. The Kier molecular flexibility index (Phi) is 2.37. The second-order valence-electron chi connectivity index (χ2n) is 3.30. The van der Waals surface area contributed by atoms with E-state index in [1.807, 2.05) is 33.2 Å². The first-order valence-electron chi connectivity index (χ1n) is 4.66. The average molecular weight is 204 g/mol. The van der Waals surface area contributed by atoms with Gasteiger partial charge in [0.15, 0.2) is 0 Å². The Morgan fingerprint density at radius 1 is 1.53 bits per heavy atom. The monoisotopic (exact) mass is 204 g/mol. The molecule has 0 unspecified atom stereocenters. The molecule has 15 heavy (non-hydrogen) atoms. The summed E-state index contributed by atoms with van der Waals surface area (Å²) in [4.78, 5) is 4.27. The molecule has 0 aliphatic heterocycles. The second kappa shape index (κ2) is 3.68. The van der Waals surface area contributed by atoms with Gasteiger partial charge in [-0.3, -0.25) is 4.68 Å². The van der Waals surface area contributed by atoms with E-state index in [1.165, 1.54) is 0 Å². The van der Waals surface area contributed by atoms with E-state index in [1.54, 1.807) is 10.9 Å². The van der Waals surface area contributed by atoms with Gasteiger partial charge in [-0.25, -0.2) is 0 Å². The van der Waals surface area contributed by atoms with Gasteiger partial charge in [0.25, 0.3) is 5.89 Å². The van der Waals surface area contributed by atoms with Crippen molar-refractivity contribution in [1.82, 2.24) is 19.9 Å². The quantitative estimate of drug-likeness (QED) is 0.749. The van der Waals surface area contributed by atoms with Crippen LogP contribution in [-0.2, 0) is 7.05 Å². The fraction of sp³-hybridized carbons (Fsp3) is 0.300. The lowest BCUT2D eigenvalue weighted by atomic mass is 10.3. The molecule has 0 atom stereocenters. The van der Waals surface area contributed by atoms with Crippen molar-refractivity contribution < 1.29 is 4.52 Å². The molecule has 0 spiro atoms. The lowest BCUT2D eigenvalue weighted by molar-refractivity contribution is 0.408. The zero-order valence-electron chi connectivity index (χ0n) is 8.93. The van der Waals surface area contributed by atoms with Crippen molar-refractivity contribution in [3.8, 4) is 11.4 Å². The minimum atomic E-state index is 0.552. The highest BCUT2D eigenvalue weighted by atomic mass is 16.5. The van der Waals surface area contributed by atoms with Gasteiger partial charge in [0, 0.05) is 18.8 Å². The van der Waals surface area contributed by atoms with Crippen LogP contribution in [0.15, 0.2) is 23.0 Å². The Balaban J connectivity index is 2.35. The number of aryl methyl sites for hydroxylation is 1. The molecule has 5 heteroatoms. The molecule has 0 aromatic carbocycles. The van der Waals surface area contributed by atoms with Gasteiger partial charge in [-0.1, -0.05) is 11.2 Å². The summed E-state index contributed by atoms with van der Waals surface area (Å²) in [5.74, 6) is 1.12. The van der Waals surface area contributed by atoms with Crippen LogP contribution in [0, 0.1) is 0 Å². The molecule has 0 bridgehead atoms. The van der Waals surface area contributed by atoms with E-state index in [4.69, 9.17) is 4.52 Å². The van der Waals surface area contributed by atoms with Crippen molar-refractivity contribution in [1.29, 1.82) is 0 Å². The van der Waals surface area contributed by atoms with Gasteiger partial charge in [0.1, 0.15) is 0 Å². The zero-order chi connectivity index (χ0) is 10.8. The Morgan fingerprint density at radius 2 is 2.33 bits per heavy atom. The van der Waals surface area contributed by atoms with E-state index in [2.05, 4.69) is 15.2 Å². The van der Waals surface area contributed by atoms with Crippen LogP contribution >= 0.6 is 0 Å². The van der Waals surface area contributed by atoms with Crippen LogP contribution in [-0.4, -0.2) is 19.9 Å². The van der Waals surface area contributed by atoms with Crippen molar-refractivity contribution in [3.63, 3.8) is 0 Å². The Hall–Kier alpha value is -1.91. The van der Waals surface area contributed by atoms with E-state index in [0.29, 0.717) is 11.7 Å². The minimum Gasteiger partial charge on any atom is -0.334 e. The third kappa shape index (κ3) is 1.81. The summed E-state index contributed by atoms with van der Waals surface area (Å²) in [7, 11) is 1.85. The molecule has 0 aliphatic rings. The highest BCUT2D eigenvalue weighted by Gasteiger charge is 2.10. The number of hydrogen-bond donors (Lipinski definition) is 0. The van der Waals surface area contributed by atoms with Crippen LogP contribution in [0.1, 0.15) is 19.7 Å². The molecular weight excluding hydrogens is 192 g/mol. The molecule has 5 nitrogen and oxygen atoms in total. The maximum atomic E-state index is 5.11. The first-order chi connectivity index (χ1) is 7.20. The largest absolute Gasteiger partial charge is 0.334 e. The fourth-order valence-corrected chi connectivity index (χ4v) is 1.16. The van der Waals surface area contributed by atoms with Gasteiger partial charge in [0.05, 0.1) is 11.8 Å². The second-order valence-corrected chi connectivity index (χ2v) is 3.30. The molecule has 0 saturated heterocycles. The summed E-state index contributed by atoms with van der Waals surface area (Å²) in [5.41, 5.74) is 1.83. The standard InChI is InChI=1S/C10H12N4O/c1-4-7(2)10-12-9(13-15-10)8-5-11-14(3)6-8/h4-6H,1-3H3. The van der Waals surface area contributed by atoms with Crippen molar-refractivity contribution in [2.75, 3.05) is 0 Å². The third-order valence-electron chi connectivity index (χ3n) is 2.16. The average Bonchev–Trinajstić information content (AvgIpc) is 2.84. The Morgan fingerprint density at radius 3 is 2.93 bits per heavy atom. The van der Waals surface area contributed by atoms with E-state index in [9.17, 15) is 0 Å². The minimum absolute atomic E-state index is 0.552. The number of hydrogen-bond acceptors (Lipinski definition) is 4. The summed E-state index contributed by atoms with van der Waals surface area (Å²) < 4.78 is 6.82. The molecule has 2 aromatic heterocycles. The van der Waals surface area contributed by atoms with Crippen molar-refractivity contribution in [2.45, 2.75) is 13.8 Å². The van der Waals surface area contributed by atoms with Crippen molar-refractivity contribution in [2.24, 2.45) is 7.05 Å². The van der Waals surface area contributed by atoms with Crippen LogP contribution in [0.2, 0.25) is 0 Å². The lowest BCUT2D eigenvalue weighted by Crippen LogP contribution is -1.84. The molecule has 0 fully saturated rings. The van der Waals surface area contributed by atoms with Crippen molar-refractivity contribution in [3.05, 3.63) is 24.4 Å². The Labute approximate surface area is 87.4 Å².